The van der Waals surface area contributed by atoms with Gasteiger partial charge in [-0.25, -0.2) is 0 Å². The molecule has 2 saturated heterocycles. The minimum Gasteiger partial charge on any atom is -0.322 e. The molecule has 1 saturated carbocycles. The van der Waals surface area contributed by atoms with Gasteiger partial charge in [0.2, 0.25) is 29.5 Å². The number of hydrogen-bond acceptors (Lipinski definition) is 5. The Labute approximate surface area is 179 Å². The lowest BCUT2D eigenvalue weighted by molar-refractivity contribution is -0.157. The summed E-state index contributed by atoms with van der Waals surface area (Å²) in [5, 5.41) is 0. The Kier molecular flexibility index (Phi) is 4.72. The normalized spacial score (nSPS) is 29.4. The molecular weight excluding hydrogens is 398 g/mol. The third-order valence-corrected chi connectivity index (χ3v) is 6.93. The van der Waals surface area contributed by atoms with Crippen molar-refractivity contribution in [3.05, 3.63) is 48.0 Å². The molecular formula is C23H23N3O5. The van der Waals surface area contributed by atoms with Crippen LogP contribution >= 0.6 is 0 Å². The standard InChI is InChI=1S/C23H23N3O5/c27-17(13-26-22(30)20-15-6-7-16(10-15)21(20)23(26)31)24-11-18(28)25(19(29)12-24)9-8-14-4-2-1-3-5-14/h1-7,15-16,20-21H,8-13H2/t15-,16-,20-,21+/m0/s1. The van der Waals surface area contributed by atoms with Crippen molar-refractivity contribution in [2.24, 2.45) is 23.7 Å². The van der Waals surface area contributed by atoms with Crippen LogP contribution in [0.2, 0.25) is 0 Å². The molecule has 0 spiro atoms. The number of piperazine rings is 1. The Morgan fingerprint density at radius 3 is 2.00 bits per heavy atom. The highest BCUT2D eigenvalue weighted by Crippen LogP contribution is 2.52. The van der Waals surface area contributed by atoms with Gasteiger partial charge in [-0.05, 0) is 30.2 Å². The van der Waals surface area contributed by atoms with E-state index in [0.29, 0.717) is 6.42 Å². The number of imide groups is 2. The Hall–Kier alpha value is -3.29. The predicted octanol–water partition coefficient (Wildman–Crippen LogP) is 0.234. The first-order valence-electron chi connectivity index (χ1n) is 10.6. The van der Waals surface area contributed by atoms with Crippen LogP contribution in [0.4, 0.5) is 0 Å². The van der Waals surface area contributed by atoms with Crippen molar-refractivity contribution < 1.29 is 24.0 Å². The highest BCUT2D eigenvalue weighted by molar-refractivity contribution is 6.09. The largest absolute Gasteiger partial charge is 0.322 e. The molecule has 0 aromatic heterocycles. The first-order chi connectivity index (χ1) is 14.9. The second-order valence-corrected chi connectivity index (χ2v) is 8.69. The van der Waals surface area contributed by atoms with E-state index >= 15 is 0 Å². The molecule has 31 heavy (non-hydrogen) atoms. The summed E-state index contributed by atoms with van der Waals surface area (Å²) in [5.74, 6) is -2.64. The Morgan fingerprint density at radius 1 is 0.839 bits per heavy atom. The van der Waals surface area contributed by atoms with Crippen LogP contribution < -0.4 is 0 Å². The Morgan fingerprint density at radius 2 is 1.42 bits per heavy atom. The van der Waals surface area contributed by atoms with Crippen molar-refractivity contribution in [3.8, 4) is 0 Å². The van der Waals surface area contributed by atoms with Gasteiger partial charge in [-0.2, -0.15) is 0 Å². The van der Waals surface area contributed by atoms with E-state index in [1.807, 2.05) is 42.5 Å². The van der Waals surface area contributed by atoms with E-state index in [1.54, 1.807) is 0 Å². The number of hydrogen-bond donors (Lipinski definition) is 0. The van der Waals surface area contributed by atoms with Crippen molar-refractivity contribution in [1.29, 1.82) is 0 Å². The topological polar surface area (TPSA) is 95.1 Å². The van der Waals surface area contributed by atoms with Gasteiger partial charge in [-0.1, -0.05) is 42.5 Å². The van der Waals surface area contributed by atoms with Crippen LogP contribution in [0, 0.1) is 23.7 Å². The first-order valence-corrected chi connectivity index (χ1v) is 10.6. The number of carbonyl (C=O) groups is 5. The summed E-state index contributed by atoms with van der Waals surface area (Å²) < 4.78 is 0. The first kappa shape index (κ1) is 19.7. The molecule has 4 aliphatic rings. The highest BCUT2D eigenvalue weighted by atomic mass is 16.2. The molecule has 5 amide bonds. The number of likely N-dealkylation sites (tertiary alicyclic amines) is 1. The molecule has 8 nitrogen and oxygen atoms in total. The molecule has 2 bridgehead atoms. The van der Waals surface area contributed by atoms with Gasteiger partial charge in [-0.3, -0.25) is 33.8 Å². The minimum atomic E-state index is -0.550. The zero-order valence-corrected chi connectivity index (χ0v) is 17.0. The van der Waals surface area contributed by atoms with Gasteiger partial charge in [0.25, 0.3) is 0 Å². The number of benzene rings is 1. The van der Waals surface area contributed by atoms with Crippen LogP contribution in [-0.2, 0) is 30.4 Å². The van der Waals surface area contributed by atoms with Crippen molar-refractivity contribution in [3.63, 3.8) is 0 Å². The molecule has 0 unspecified atom stereocenters. The fraction of sp³-hybridized carbons (Fsp3) is 0.435. The molecule has 4 atom stereocenters. The lowest BCUT2D eigenvalue weighted by atomic mass is 9.85. The van der Waals surface area contributed by atoms with Gasteiger partial charge in [0.15, 0.2) is 0 Å². The van der Waals surface area contributed by atoms with E-state index in [4.69, 9.17) is 0 Å². The Balaban J connectivity index is 1.20. The molecule has 3 fully saturated rings. The number of allylic oxidation sites excluding steroid dienone is 2. The van der Waals surface area contributed by atoms with Gasteiger partial charge >= 0.3 is 0 Å². The van der Waals surface area contributed by atoms with Gasteiger partial charge in [-0.15, -0.1) is 0 Å². The second-order valence-electron chi connectivity index (χ2n) is 8.69. The molecule has 5 rings (SSSR count). The number of amides is 5. The smallest absolute Gasteiger partial charge is 0.248 e. The predicted molar refractivity (Wildman–Crippen MR) is 108 cm³/mol. The van der Waals surface area contributed by atoms with E-state index in [0.717, 1.165) is 21.8 Å². The maximum Gasteiger partial charge on any atom is 0.248 e. The molecule has 2 aliphatic carbocycles. The van der Waals surface area contributed by atoms with Gasteiger partial charge in [0.1, 0.15) is 19.6 Å². The summed E-state index contributed by atoms with van der Waals surface area (Å²) >= 11 is 0. The van der Waals surface area contributed by atoms with E-state index in [1.165, 1.54) is 4.90 Å². The fourth-order valence-electron chi connectivity index (χ4n) is 5.36. The molecule has 2 heterocycles. The van der Waals surface area contributed by atoms with Crippen LogP contribution in [-0.4, -0.2) is 70.4 Å². The quantitative estimate of drug-likeness (QED) is 0.501. The van der Waals surface area contributed by atoms with Crippen LogP contribution in [0.1, 0.15) is 12.0 Å². The third-order valence-electron chi connectivity index (χ3n) is 6.93. The summed E-state index contributed by atoms with van der Waals surface area (Å²) in [6.45, 7) is -0.606. The van der Waals surface area contributed by atoms with E-state index < -0.39 is 24.3 Å². The number of fused-ring (bicyclic) bond motifs is 5. The second kappa shape index (κ2) is 7.44. The van der Waals surface area contributed by atoms with Crippen molar-refractivity contribution in [2.45, 2.75) is 12.8 Å². The van der Waals surface area contributed by atoms with Gasteiger partial charge < -0.3 is 4.90 Å². The Bertz CT molecular complexity index is 956. The zero-order valence-electron chi connectivity index (χ0n) is 17.0. The average Bonchev–Trinajstić information content (AvgIpc) is 3.44. The average molecular weight is 421 g/mol. The van der Waals surface area contributed by atoms with Gasteiger partial charge in [0, 0.05) is 6.54 Å². The van der Waals surface area contributed by atoms with Crippen LogP contribution in [0.25, 0.3) is 0 Å². The van der Waals surface area contributed by atoms with Crippen molar-refractivity contribution >= 4 is 29.5 Å². The minimum absolute atomic E-state index is 0.0721. The van der Waals surface area contributed by atoms with Crippen LogP contribution in [0.5, 0.6) is 0 Å². The van der Waals surface area contributed by atoms with Gasteiger partial charge in [0.05, 0.1) is 11.8 Å². The monoisotopic (exact) mass is 421 g/mol. The fourth-order valence-corrected chi connectivity index (χ4v) is 5.36. The summed E-state index contributed by atoms with van der Waals surface area (Å²) in [5.41, 5.74) is 1.02. The van der Waals surface area contributed by atoms with E-state index in [-0.39, 0.29) is 55.1 Å². The lowest BCUT2D eigenvalue weighted by Crippen LogP contribution is -2.57. The summed E-state index contributed by atoms with van der Waals surface area (Å²) in [6, 6.07) is 9.54. The maximum atomic E-state index is 12.8. The van der Waals surface area contributed by atoms with E-state index in [9.17, 15) is 24.0 Å². The molecule has 160 valence electrons. The molecule has 8 heteroatoms. The molecule has 0 N–H and O–H groups in total. The zero-order chi connectivity index (χ0) is 21.7. The van der Waals surface area contributed by atoms with Crippen molar-refractivity contribution in [2.75, 3.05) is 26.2 Å². The number of carbonyl (C=O) groups excluding carboxylic acids is 5. The molecule has 0 radical (unpaired) electrons. The summed E-state index contributed by atoms with van der Waals surface area (Å²) in [4.78, 5) is 66.7. The highest BCUT2D eigenvalue weighted by Gasteiger charge is 2.59. The van der Waals surface area contributed by atoms with Crippen LogP contribution in [0.3, 0.4) is 0 Å². The molecule has 1 aromatic rings. The SMILES string of the molecule is O=C(CN1C(=O)[C@@H]2[C@H](C1=O)[C@H]1C=C[C@H]2C1)N1CC(=O)N(CCc2ccccc2)C(=O)C1. The number of nitrogens with zero attached hydrogens (tertiary/aromatic N) is 3. The summed E-state index contributed by atoms with van der Waals surface area (Å²) in [7, 11) is 0. The molecule has 2 aliphatic heterocycles. The molecule has 1 aromatic carbocycles. The van der Waals surface area contributed by atoms with E-state index in [2.05, 4.69) is 0 Å². The van der Waals surface area contributed by atoms with Crippen molar-refractivity contribution in [1.82, 2.24) is 14.7 Å². The summed E-state index contributed by atoms with van der Waals surface area (Å²) in [6.07, 6.45) is 5.35. The lowest BCUT2D eigenvalue weighted by Gasteiger charge is -2.33. The third kappa shape index (κ3) is 3.26. The number of rotatable bonds is 5. The maximum absolute atomic E-state index is 12.8. The van der Waals surface area contributed by atoms with Crippen LogP contribution in [0.15, 0.2) is 42.5 Å².